The van der Waals surface area contributed by atoms with E-state index in [-0.39, 0.29) is 11.6 Å². The van der Waals surface area contributed by atoms with Crippen molar-refractivity contribution in [2.24, 2.45) is 0 Å². The van der Waals surface area contributed by atoms with Gasteiger partial charge in [-0.15, -0.1) is 0 Å². The molecule has 1 aliphatic rings. The third-order valence-corrected chi connectivity index (χ3v) is 5.34. The van der Waals surface area contributed by atoms with Crippen LogP contribution in [-0.2, 0) is 0 Å². The van der Waals surface area contributed by atoms with Gasteiger partial charge in [0.2, 0.25) is 5.95 Å². The fourth-order valence-corrected chi connectivity index (χ4v) is 3.61. The van der Waals surface area contributed by atoms with Gasteiger partial charge >= 0.3 is 0 Å². The van der Waals surface area contributed by atoms with Gasteiger partial charge in [-0.2, -0.15) is 4.98 Å². The standard InChI is InChI=1S/C23H24N6O3/c1-16-6-8-19(9-7-16)25-23-24-17(2)14-21(26-23)27-10-12-28(13-11-27)22(30)18-4-3-5-20(15-18)29(31)32/h3-9,14-15H,10-13H2,1-2H3,(H,24,25,26). The zero-order valence-electron chi connectivity index (χ0n) is 18.0. The highest BCUT2D eigenvalue weighted by Crippen LogP contribution is 2.21. The van der Waals surface area contributed by atoms with Gasteiger partial charge in [-0.25, -0.2) is 4.98 Å². The van der Waals surface area contributed by atoms with E-state index in [1.165, 1.54) is 23.8 Å². The molecule has 1 aliphatic heterocycles. The van der Waals surface area contributed by atoms with Crippen LogP contribution in [0.15, 0.2) is 54.6 Å². The molecular weight excluding hydrogens is 408 g/mol. The zero-order chi connectivity index (χ0) is 22.7. The highest BCUT2D eigenvalue weighted by molar-refractivity contribution is 5.95. The first-order valence-corrected chi connectivity index (χ1v) is 10.4. The lowest BCUT2D eigenvalue weighted by molar-refractivity contribution is -0.384. The van der Waals surface area contributed by atoms with Gasteiger partial charge in [-0.3, -0.25) is 14.9 Å². The Balaban J connectivity index is 1.43. The molecule has 9 heteroatoms. The number of nitro benzene ring substituents is 1. The Morgan fingerprint density at radius 3 is 2.41 bits per heavy atom. The van der Waals surface area contributed by atoms with Crippen LogP contribution in [0.4, 0.5) is 23.1 Å². The summed E-state index contributed by atoms with van der Waals surface area (Å²) in [7, 11) is 0. The van der Waals surface area contributed by atoms with Crippen LogP contribution >= 0.6 is 0 Å². The number of anilines is 3. The van der Waals surface area contributed by atoms with Crippen LogP contribution in [0.1, 0.15) is 21.6 Å². The summed E-state index contributed by atoms with van der Waals surface area (Å²) < 4.78 is 0. The monoisotopic (exact) mass is 432 g/mol. The molecule has 1 saturated heterocycles. The van der Waals surface area contributed by atoms with Crippen LogP contribution in [0.2, 0.25) is 0 Å². The summed E-state index contributed by atoms with van der Waals surface area (Å²) in [6.07, 6.45) is 0. The van der Waals surface area contributed by atoms with Gasteiger partial charge in [0.25, 0.3) is 11.6 Å². The van der Waals surface area contributed by atoms with Crippen molar-refractivity contribution in [1.29, 1.82) is 0 Å². The number of amides is 1. The molecule has 0 aliphatic carbocycles. The number of nitrogens with zero attached hydrogens (tertiary/aromatic N) is 5. The molecule has 1 aromatic heterocycles. The Kier molecular flexibility index (Phi) is 5.98. The van der Waals surface area contributed by atoms with Crippen LogP contribution in [0.3, 0.4) is 0 Å². The van der Waals surface area contributed by atoms with Gasteiger partial charge in [-0.1, -0.05) is 23.8 Å². The predicted molar refractivity (Wildman–Crippen MR) is 122 cm³/mol. The summed E-state index contributed by atoms with van der Waals surface area (Å²) in [4.78, 5) is 36.3. The Bertz CT molecular complexity index is 1140. The number of carbonyl (C=O) groups is 1. The van der Waals surface area contributed by atoms with E-state index in [1.807, 2.05) is 44.2 Å². The quantitative estimate of drug-likeness (QED) is 0.484. The zero-order valence-corrected chi connectivity index (χ0v) is 18.0. The third kappa shape index (κ3) is 4.83. The summed E-state index contributed by atoms with van der Waals surface area (Å²) in [5.41, 5.74) is 3.19. The normalized spacial score (nSPS) is 13.7. The summed E-state index contributed by atoms with van der Waals surface area (Å²) in [6.45, 7) is 6.20. The molecule has 4 rings (SSSR count). The molecular formula is C23H24N6O3. The summed E-state index contributed by atoms with van der Waals surface area (Å²) in [5.74, 6) is 1.13. The number of benzene rings is 2. The minimum atomic E-state index is -0.492. The fraction of sp³-hybridized carbons (Fsp3) is 0.261. The number of hydrogen-bond acceptors (Lipinski definition) is 7. The molecule has 0 bridgehead atoms. The second-order valence-corrected chi connectivity index (χ2v) is 7.77. The first-order chi connectivity index (χ1) is 15.4. The molecule has 164 valence electrons. The van der Waals surface area contributed by atoms with E-state index < -0.39 is 4.92 Å². The minimum absolute atomic E-state index is 0.0837. The molecule has 1 amide bonds. The largest absolute Gasteiger partial charge is 0.353 e. The smallest absolute Gasteiger partial charge is 0.270 e. The van der Waals surface area contributed by atoms with Crippen molar-refractivity contribution < 1.29 is 9.72 Å². The summed E-state index contributed by atoms with van der Waals surface area (Å²) in [6, 6.07) is 15.8. The van der Waals surface area contributed by atoms with E-state index in [2.05, 4.69) is 20.2 Å². The molecule has 9 nitrogen and oxygen atoms in total. The molecule has 32 heavy (non-hydrogen) atoms. The molecule has 0 radical (unpaired) electrons. The molecule has 2 heterocycles. The number of carbonyl (C=O) groups excluding carboxylic acids is 1. The average molecular weight is 432 g/mol. The number of hydrogen-bond donors (Lipinski definition) is 1. The summed E-state index contributed by atoms with van der Waals surface area (Å²) in [5, 5.41) is 14.2. The third-order valence-electron chi connectivity index (χ3n) is 5.34. The number of aromatic nitrogens is 2. The van der Waals surface area contributed by atoms with Crippen molar-refractivity contribution in [3.63, 3.8) is 0 Å². The van der Waals surface area contributed by atoms with E-state index in [0.29, 0.717) is 37.7 Å². The maximum absolute atomic E-state index is 12.8. The highest BCUT2D eigenvalue weighted by atomic mass is 16.6. The van der Waals surface area contributed by atoms with Crippen LogP contribution in [0.5, 0.6) is 0 Å². The molecule has 0 spiro atoms. The van der Waals surface area contributed by atoms with Gasteiger partial charge in [0.15, 0.2) is 0 Å². The maximum atomic E-state index is 12.8. The molecule has 0 atom stereocenters. The van der Waals surface area contributed by atoms with Crippen LogP contribution in [0, 0.1) is 24.0 Å². The fourth-order valence-electron chi connectivity index (χ4n) is 3.61. The lowest BCUT2D eigenvalue weighted by Crippen LogP contribution is -2.49. The first kappa shape index (κ1) is 21.2. The van der Waals surface area contributed by atoms with Crippen LogP contribution in [0.25, 0.3) is 0 Å². The van der Waals surface area contributed by atoms with Crippen molar-refractivity contribution >= 4 is 29.0 Å². The predicted octanol–water partition coefficient (Wildman–Crippen LogP) is 3.71. The number of piperazine rings is 1. The molecule has 2 aromatic carbocycles. The van der Waals surface area contributed by atoms with Gasteiger partial charge < -0.3 is 15.1 Å². The highest BCUT2D eigenvalue weighted by Gasteiger charge is 2.24. The first-order valence-electron chi connectivity index (χ1n) is 10.4. The summed E-state index contributed by atoms with van der Waals surface area (Å²) >= 11 is 0. The average Bonchev–Trinajstić information content (AvgIpc) is 2.80. The molecule has 1 fully saturated rings. The van der Waals surface area contributed by atoms with Crippen LogP contribution in [-0.4, -0.2) is 51.9 Å². The van der Waals surface area contributed by atoms with Crippen molar-refractivity contribution in [3.8, 4) is 0 Å². The van der Waals surface area contributed by atoms with Gasteiger partial charge in [0.05, 0.1) is 4.92 Å². The van der Waals surface area contributed by atoms with E-state index in [1.54, 1.807) is 11.0 Å². The van der Waals surface area contributed by atoms with Crippen molar-refractivity contribution in [3.05, 3.63) is 81.5 Å². The number of aryl methyl sites for hydroxylation is 2. The van der Waals surface area contributed by atoms with E-state index >= 15 is 0 Å². The van der Waals surface area contributed by atoms with Crippen molar-refractivity contribution in [2.45, 2.75) is 13.8 Å². The molecule has 3 aromatic rings. The maximum Gasteiger partial charge on any atom is 0.270 e. The van der Waals surface area contributed by atoms with Gasteiger partial charge in [-0.05, 0) is 32.0 Å². The second-order valence-electron chi connectivity index (χ2n) is 7.77. The number of non-ortho nitro benzene ring substituents is 1. The number of nitrogens with one attached hydrogen (secondary N) is 1. The molecule has 1 N–H and O–H groups in total. The Hall–Kier alpha value is -4.01. The lowest BCUT2D eigenvalue weighted by Gasteiger charge is -2.35. The van der Waals surface area contributed by atoms with Crippen molar-refractivity contribution in [1.82, 2.24) is 14.9 Å². The second kappa shape index (κ2) is 9.01. The number of nitro groups is 1. The topological polar surface area (TPSA) is 105 Å². The van der Waals surface area contributed by atoms with Gasteiger partial charge in [0.1, 0.15) is 5.82 Å². The van der Waals surface area contributed by atoms with Crippen LogP contribution < -0.4 is 10.2 Å². The van der Waals surface area contributed by atoms with Crippen molar-refractivity contribution in [2.75, 3.05) is 36.4 Å². The Morgan fingerprint density at radius 1 is 1.00 bits per heavy atom. The SMILES string of the molecule is Cc1ccc(Nc2nc(C)cc(N3CCN(C(=O)c4cccc([N+](=O)[O-])c4)CC3)n2)cc1. The number of rotatable bonds is 5. The Morgan fingerprint density at radius 2 is 1.72 bits per heavy atom. The minimum Gasteiger partial charge on any atom is -0.353 e. The van der Waals surface area contributed by atoms with E-state index in [0.717, 1.165) is 17.2 Å². The van der Waals surface area contributed by atoms with E-state index in [9.17, 15) is 14.9 Å². The molecule has 0 saturated carbocycles. The van der Waals surface area contributed by atoms with E-state index in [4.69, 9.17) is 0 Å². The van der Waals surface area contributed by atoms with Gasteiger partial charge in [0, 0.05) is 61.3 Å². The Labute approximate surface area is 185 Å². The molecule has 0 unspecified atom stereocenters. The lowest BCUT2D eigenvalue weighted by atomic mass is 10.1.